The average Bonchev–Trinajstić information content (AvgIpc) is 2.51. The third kappa shape index (κ3) is 19.9. The molecule has 0 radical (unpaired) electrons. The fraction of sp³-hybridized carbons (Fsp3) is 1.00. The summed E-state index contributed by atoms with van der Waals surface area (Å²) in [7, 11) is 4.29. The molecule has 0 aromatic heterocycles. The molecule has 1 saturated heterocycles. The Kier molecular flexibility index (Phi) is 25.4. The predicted molar refractivity (Wildman–Crippen MR) is 103 cm³/mol. The van der Waals surface area contributed by atoms with Gasteiger partial charge >= 0.3 is 0 Å². The molecule has 138 valence electrons. The first kappa shape index (κ1) is 26.8. The van der Waals surface area contributed by atoms with Crippen molar-refractivity contribution in [3.05, 3.63) is 0 Å². The summed E-state index contributed by atoms with van der Waals surface area (Å²) in [5, 5.41) is 0. The van der Waals surface area contributed by atoms with Crippen molar-refractivity contribution in [2.75, 3.05) is 46.9 Å². The molecule has 1 rings (SSSR count). The van der Waals surface area contributed by atoms with E-state index in [1.165, 1.54) is 12.8 Å². The van der Waals surface area contributed by atoms with Crippen LogP contribution in [-0.2, 0) is 4.74 Å². The molecular formula is C19H46N2O. The third-order valence-corrected chi connectivity index (χ3v) is 3.26. The van der Waals surface area contributed by atoms with Crippen LogP contribution >= 0.6 is 0 Å². The molecule has 1 heterocycles. The van der Waals surface area contributed by atoms with Gasteiger partial charge in [-0.25, -0.2) is 0 Å². The summed E-state index contributed by atoms with van der Waals surface area (Å²) in [4.78, 5) is 4.63. The molecule has 0 bridgehead atoms. The van der Waals surface area contributed by atoms with Crippen LogP contribution in [0.1, 0.15) is 68.2 Å². The van der Waals surface area contributed by atoms with Crippen molar-refractivity contribution >= 4 is 0 Å². The molecule has 0 saturated carbocycles. The van der Waals surface area contributed by atoms with E-state index in [2.05, 4.69) is 51.6 Å². The Labute approximate surface area is 142 Å². The zero-order chi connectivity index (χ0) is 18.0. The highest BCUT2D eigenvalue weighted by atomic mass is 16.5. The second-order valence-corrected chi connectivity index (χ2v) is 5.79. The van der Waals surface area contributed by atoms with Gasteiger partial charge in [0.15, 0.2) is 0 Å². The quantitative estimate of drug-likeness (QED) is 0.726. The molecule has 0 spiro atoms. The van der Waals surface area contributed by atoms with Gasteiger partial charge in [0.1, 0.15) is 0 Å². The minimum Gasteiger partial charge on any atom is -0.374 e. The number of hydrogen-bond acceptors (Lipinski definition) is 3. The van der Waals surface area contributed by atoms with Gasteiger partial charge in [-0.15, -0.1) is 0 Å². The summed E-state index contributed by atoms with van der Waals surface area (Å²) < 4.78 is 5.64. The van der Waals surface area contributed by atoms with Gasteiger partial charge in [0, 0.05) is 19.6 Å². The van der Waals surface area contributed by atoms with E-state index in [1.807, 2.05) is 27.7 Å². The van der Waals surface area contributed by atoms with Crippen molar-refractivity contribution in [1.82, 2.24) is 9.80 Å². The fourth-order valence-corrected chi connectivity index (χ4v) is 2.03. The lowest BCUT2D eigenvalue weighted by molar-refractivity contribution is -0.0319. The van der Waals surface area contributed by atoms with E-state index < -0.39 is 0 Å². The maximum Gasteiger partial charge on any atom is 0.0829 e. The summed E-state index contributed by atoms with van der Waals surface area (Å²) in [5.74, 6) is 0.898. The maximum atomic E-state index is 5.64. The molecule has 0 aromatic rings. The van der Waals surface area contributed by atoms with E-state index in [1.54, 1.807) is 0 Å². The molecule has 1 unspecified atom stereocenters. The zero-order valence-electron chi connectivity index (χ0n) is 17.4. The first-order valence-electron chi connectivity index (χ1n) is 9.48. The number of nitrogens with zero attached hydrogens (tertiary/aromatic N) is 2. The normalized spacial score (nSPS) is 17.7. The van der Waals surface area contributed by atoms with Gasteiger partial charge in [-0.2, -0.15) is 0 Å². The summed E-state index contributed by atoms with van der Waals surface area (Å²) in [5.41, 5.74) is 0. The molecular weight excluding hydrogens is 272 g/mol. The Hall–Kier alpha value is -0.120. The first-order valence-corrected chi connectivity index (χ1v) is 9.48. The van der Waals surface area contributed by atoms with Gasteiger partial charge in [-0.05, 0) is 26.6 Å². The number of likely N-dealkylation sites (N-methyl/N-ethyl adjacent to an activating group) is 2. The molecule has 3 heteroatoms. The van der Waals surface area contributed by atoms with Crippen molar-refractivity contribution in [2.24, 2.45) is 5.92 Å². The first-order chi connectivity index (χ1) is 10.5. The molecule has 1 aliphatic heterocycles. The molecule has 1 fully saturated rings. The van der Waals surface area contributed by atoms with E-state index in [9.17, 15) is 0 Å². The van der Waals surface area contributed by atoms with Crippen molar-refractivity contribution in [3.63, 3.8) is 0 Å². The SMILES string of the molecule is CC.CC.CCCC(C)C.CCN(C)CC1CN(C)CCO1. The van der Waals surface area contributed by atoms with Crippen LogP contribution in [0.4, 0.5) is 0 Å². The monoisotopic (exact) mass is 318 g/mol. The number of rotatable bonds is 5. The molecule has 1 atom stereocenters. The summed E-state index contributed by atoms with van der Waals surface area (Å²) >= 11 is 0. The highest BCUT2D eigenvalue weighted by Crippen LogP contribution is 2.03. The molecule has 0 aromatic carbocycles. The Morgan fingerprint density at radius 3 is 2.00 bits per heavy atom. The number of ether oxygens (including phenoxy) is 1. The van der Waals surface area contributed by atoms with Gasteiger partial charge in [-0.1, -0.05) is 68.2 Å². The van der Waals surface area contributed by atoms with Crippen LogP contribution < -0.4 is 0 Å². The number of morpholine rings is 1. The van der Waals surface area contributed by atoms with Crippen molar-refractivity contribution in [3.8, 4) is 0 Å². The van der Waals surface area contributed by atoms with Gasteiger partial charge in [0.05, 0.1) is 12.7 Å². The Bertz CT molecular complexity index is 186. The Balaban J connectivity index is -0.000000306. The lowest BCUT2D eigenvalue weighted by Gasteiger charge is -2.32. The lowest BCUT2D eigenvalue weighted by atomic mass is 10.1. The van der Waals surface area contributed by atoms with Gasteiger partial charge in [0.2, 0.25) is 0 Å². The highest BCUT2D eigenvalue weighted by Gasteiger charge is 2.18. The van der Waals surface area contributed by atoms with Crippen LogP contribution in [0.25, 0.3) is 0 Å². The predicted octanol–water partition coefficient (Wildman–Crippen LogP) is 4.76. The Morgan fingerprint density at radius 1 is 1.14 bits per heavy atom. The molecule has 0 amide bonds. The Morgan fingerprint density at radius 2 is 1.68 bits per heavy atom. The minimum atomic E-state index is 0.411. The van der Waals surface area contributed by atoms with Crippen molar-refractivity contribution < 1.29 is 4.74 Å². The van der Waals surface area contributed by atoms with Gasteiger partial charge in [0.25, 0.3) is 0 Å². The lowest BCUT2D eigenvalue weighted by Crippen LogP contribution is -2.45. The van der Waals surface area contributed by atoms with Crippen LogP contribution in [0.2, 0.25) is 0 Å². The van der Waals surface area contributed by atoms with E-state index in [4.69, 9.17) is 4.74 Å². The van der Waals surface area contributed by atoms with E-state index in [0.717, 1.165) is 38.7 Å². The second kappa shape index (κ2) is 20.9. The van der Waals surface area contributed by atoms with Crippen LogP contribution in [-0.4, -0.2) is 62.8 Å². The van der Waals surface area contributed by atoms with Crippen LogP contribution in [0, 0.1) is 5.92 Å². The summed E-state index contributed by atoms with van der Waals surface area (Å²) in [6.45, 7) is 22.1. The molecule has 22 heavy (non-hydrogen) atoms. The summed E-state index contributed by atoms with van der Waals surface area (Å²) in [6, 6.07) is 0. The molecule has 1 aliphatic rings. The average molecular weight is 319 g/mol. The molecule has 0 N–H and O–H groups in total. The van der Waals surface area contributed by atoms with Crippen molar-refractivity contribution in [1.29, 1.82) is 0 Å². The van der Waals surface area contributed by atoms with Gasteiger partial charge < -0.3 is 14.5 Å². The van der Waals surface area contributed by atoms with E-state index >= 15 is 0 Å². The highest BCUT2D eigenvalue weighted by molar-refractivity contribution is 4.71. The fourth-order valence-electron chi connectivity index (χ4n) is 2.03. The second-order valence-electron chi connectivity index (χ2n) is 5.79. The largest absolute Gasteiger partial charge is 0.374 e. The number of hydrogen-bond donors (Lipinski definition) is 0. The standard InChI is InChI=1S/C9H20N2O.C6H14.2C2H6/c1-4-10(2)7-9-8-11(3)5-6-12-9;1-4-5-6(2)3;2*1-2/h9H,4-8H2,1-3H3;6H,4-5H2,1-3H3;2*1-2H3. The van der Waals surface area contributed by atoms with E-state index in [-0.39, 0.29) is 0 Å². The topological polar surface area (TPSA) is 15.7 Å². The van der Waals surface area contributed by atoms with Crippen LogP contribution in [0.5, 0.6) is 0 Å². The summed E-state index contributed by atoms with van der Waals surface area (Å²) in [6.07, 6.45) is 3.12. The van der Waals surface area contributed by atoms with Gasteiger partial charge in [-0.3, -0.25) is 0 Å². The zero-order valence-corrected chi connectivity index (χ0v) is 17.4. The van der Waals surface area contributed by atoms with E-state index in [0.29, 0.717) is 6.10 Å². The molecule has 0 aliphatic carbocycles. The minimum absolute atomic E-state index is 0.411. The third-order valence-electron chi connectivity index (χ3n) is 3.26. The molecule has 3 nitrogen and oxygen atoms in total. The van der Waals surface area contributed by atoms with Crippen molar-refractivity contribution in [2.45, 2.75) is 74.3 Å². The smallest absolute Gasteiger partial charge is 0.0829 e. The maximum absolute atomic E-state index is 5.64. The van der Waals surface area contributed by atoms with Crippen LogP contribution in [0.3, 0.4) is 0 Å². The van der Waals surface area contributed by atoms with Crippen LogP contribution in [0.15, 0.2) is 0 Å².